The number of alkyl halides is 1. The van der Waals surface area contributed by atoms with Gasteiger partial charge >= 0.3 is 5.97 Å². The van der Waals surface area contributed by atoms with Gasteiger partial charge in [0.2, 0.25) is 5.91 Å². The van der Waals surface area contributed by atoms with Crippen molar-refractivity contribution in [2.24, 2.45) is 11.8 Å². The summed E-state index contributed by atoms with van der Waals surface area (Å²) in [5.74, 6) is 0.850. The molecule has 24 heavy (non-hydrogen) atoms. The van der Waals surface area contributed by atoms with Crippen molar-refractivity contribution < 1.29 is 14.3 Å². The summed E-state index contributed by atoms with van der Waals surface area (Å²) in [7, 11) is 0. The SMILES string of the molecule is CC1CCN(C(=O)CCl)CCC1CCC(=O)OCc1ccccc1. The monoisotopic (exact) mass is 351 g/mol. The lowest BCUT2D eigenvalue weighted by Crippen LogP contribution is -2.32. The van der Waals surface area contributed by atoms with E-state index in [1.54, 1.807) is 0 Å². The summed E-state index contributed by atoms with van der Waals surface area (Å²) in [6, 6.07) is 9.71. The molecule has 0 radical (unpaired) electrons. The molecule has 132 valence electrons. The topological polar surface area (TPSA) is 46.6 Å². The van der Waals surface area contributed by atoms with Crippen LogP contribution in [0.3, 0.4) is 0 Å². The number of benzene rings is 1. The number of hydrogen-bond donors (Lipinski definition) is 0. The number of ether oxygens (including phenoxy) is 1. The van der Waals surface area contributed by atoms with E-state index in [0.717, 1.165) is 37.9 Å². The lowest BCUT2D eigenvalue weighted by Gasteiger charge is -2.20. The third-order valence-corrected chi connectivity index (χ3v) is 5.09. The highest BCUT2D eigenvalue weighted by molar-refractivity contribution is 6.27. The molecule has 2 unspecified atom stereocenters. The van der Waals surface area contributed by atoms with Crippen molar-refractivity contribution in [3.63, 3.8) is 0 Å². The van der Waals surface area contributed by atoms with Crippen molar-refractivity contribution in [3.8, 4) is 0 Å². The van der Waals surface area contributed by atoms with Gasteiger partial charge in [-0.15, -0.1) is 11.6 Å². The van der Waals surface area contributed by atoms with Gasteiger partial charge in [0.1, 0.15) is 12.5 Å². The predicted molar refractivity (Wildman–Crippen MR) is 94.7 cm³/mol. The van der Waals surface area contributed by atoms with Gasteiger partial charge in [0.05, 0.1) is 0 Å². The molecule has 0 aromatic heterocycles. The third kappa shape index (κ3) is 5.82. The first-order valence-electron chi connectivity index (χ1n) is 8.63. The minimum absolute atomic E-state index is 0.00628. The fourth-order valence-electron chi connectivity index (χ4n) is 3.19. The number of rotatable bonds is 6. The highest BCUT2D eigenvalue weighted by Gasteiger charge is 2.25. The van der Waals surface area contributed by atoms with Crippen molar-refractivity contribution in [1.82, 2.24) is 4.90 Å². The molecular weight excluding hydrogens is 326 g/mol. The molecule has 5 heteroatoms. The lowest BCUT2D eigenvalue weighted by molar-refractivity contribution is -0.145. The number of nitrogens with zero attached hydrogens (tertiary/aromatic N) is 1. The second-order valence-corrected chi connectivity index (χ2v) is 6.78. The van der Waals surface area contributed by atoms with Crippen molar-refractivity contribution in [2.45, 2.75) is 39.2 Å². The molecule has 0 N–H and O–H groups in total. The van der Waals surface area contributed by atoms with E-state index in [1.807, 2.05) is 35.2 Å². The smallest absolute Gasteiger partial charge is 0.306 e. The number of esters is 1. The molecular formula is C19H26ClNO3. The molecule has 2 atom stereocenters. The fraction of sp³-hybridized carbons (Fsp3) is 0.579. The zero-order valence-electron chi connectivity index (χ0n) is 14.2. The number of halogens is 1. The number of carbonyl (C=O) groups excluding carboxylic acids is 2. The molecule has 1 saturated heterocycles. The summed E-state index contributed by atoms with van der Waals surface area (Å²) in [5.41, 5.74) is 1.00. The van der Waals surface area contributed by atoms with Crippen molar-refractivity contribution in [2.75, 3.05) is 19.0 Å². The van der Waals surface area contributed by atoms with Gasteiger partial charge in [0, 0.05) is 19.5 Å². The Morgan fingerprint density at radius 2 is 1.92 bits per heavy atom. The average Bonchev–Trinajstić information content (AvgIpc) is 2.80. The largest absolute Gasteiger partial charge is 0.461 e. The minimum atomic E-state index is -0.149. The van der Waals surface area contributed by atoms with Crippen LogP contribution in [0, 0.1) is 11.8 Å². The maximum Gasteiger partial charge on any atom is 0.306 e. The van der Waals surface area contributed by atoms with Crippen molar-refractivity contribution >= 4 is 23.5 Å². The molecule has 1 aliphatic rings. The molecule has 1 amide bonds. The summed E-state index contributed by atoms with van der Waals surface area (Å²) in [6.07, 6.45) is 3.14. The van der Waals surface area contributed by atoms with Crippen LogP contribution in [-0.2, 0) is 20.9 Å². The molecule has 2 rings (SSSR count). The molecule has 1 fully saturated rings. The Kier molecular flexibility index (Phi) is 7.57. The van der Waals surface area contributed by atoms with Crippen molar-refractivity contribution in [3.05, 3.63) is 35.9 Å². The fourth-order valence-corrected chi connectivity index (χ4v) is 3.36. The van der Waals surface area contributed by atoms with Crippen LogP contribution in [0.2, 0.25) is 0 Å². The first-order chi connectivity index (χ1) is 11.6. The first kappa shape index (κ1) is 18.8. The van der Waals surface area contributed by atoms with Gasteiger partial charge in [0.25, 0.3) is 0 Å². The Morgan fingerprint density at radius 3 is 2.62 bits per heavy atom. The van der Waals surface area contributed by atoms with E-state index in [2.05, 4.69) is 6.92 Å². The van der Waals surface area contributed by atoms with Crippen LogP contribution in [0.5, 0.6) is 0 Å². The molecule has 0 spiro atoms. The maximum absolute atomic E-state index is 12.0. The quantitative estimate of drug-likeness (QED) is 0.581. The van der Waals surface area contributed by atoms with Gasteiger partial charge < -0.3 is 9.64 Å². The Morgan fingerprint density at radius 1 is 1.21 bits per heavy atom. The highest BCUT2D eigenvalue weighted by Crippen LogP contribution is 2.28. The van der Waals surface area contributed by atoms with E-state index in [4.69, 9.17) is 16.3 Å². The van der Waals surface area contributed by atoms with E-state index >= 15 is 0 Å². The van der Waals surface area contributed by atoms with Crippen molar-refractivity contribution in [1.29, 1.82) is 0 Å². The van der Waals surface area contributed by atoms with E-state index in [9.17, 15) is 9.59 Å². The molecule has 4 nitrogen and oxygen atoms in total. The van der Waals surface area contributed by atoms with Crippen LogP contribution in [0.1, 0.15) is 38.2 Å². The summed E-state index contributed by atoms with van der Waals surface area (Å²) in [4.78, 5) is 25.5. The number of hydrogen-bond acceptors (Lipinski definition) is 3. The zero-order chi connectivity index (χ0) is 17.4. The van der Waals surface area contributed by atoms with Crippen LogP contribution >= 0.6 is 11.6 Å². The Balaban J connectivity index is 1.74. The van der Waals surface area contributed by atoms with Gasteiger partial charge in [-0.05, 0) is 36.7 Å². The normalized spacial score (nSPS) is 21.2. The summed E-state index contributed by atoms with van der Waals surface area (Å²) in [6.45, 7) is 4.04. The van der Waals surface area contributed by atoms with E-state index in [0.29, 0.717) is 24.9 Å². The molecule has 0 aliphatic carbocycles. The van der Waals surface area contributed by atoms with Crippen LogP contribution in [0.25, 0.3) is 0 Å². The van der Waals surface area contributed by atoms with Crippen LogP contribution in [-0.4, -0.2) is 35.7 Å². The zero-order valence-corrected chi connectivity index (χ0v) is 15.0. The second-order valence-electron chi connectivity index (χ2n) is 6.51. The Hall–Kier alpha value is -1.55. The first-order valence-corrected chi connectivity index (χ1v) is 9.17. The van der Waals surface area contributed by atoms with Crippen LogP contribution in [0.15, 0.2) is 30.3 Å². The van der Waals surface area contributed by atoms with Gasteiger partial charge in [-0.2, -0.15) is 0 Å². The number of likely N-dealkylation sites (tertiary alicyclic amines) is 1. The van der Waals surface area contributed by atoms with Crippen LogP contribution in [0.4, 0.5) is 0 Å². The second kappa shape index (κ2) is 9.67. The predicted octanol–water partition coefficient (Wildman–Crippen LogP) is 3.62. The summed E-state index contributed by atoms with van der Waals surface area (Å²) < 4.78 is 5.34. The molecule has 1 heterocycles. The van der Waals surface area contributed by atoms with E-state index < -0.39 is 0 Å². The summed E-state index contributed by atoms with van der Waals surface area (Å²) >= 11 is 5.65. The number of carbonyl (C=O) groups is 2. The van der Waals surface area contributed by atoms with Gasteiger partial charge in [-0.3, -0.25) is 9.59 Å². The minimum Gasteiger partial charge on any atom is -0.461 e. The van der Waals surface area contributed by atoms with Gasteiger partial charge in [0.15, 0.2) is 0 Å². The molecule has 1 aliphatic heterocycles. The van der Waals surface area contributed by atoms with Crippen LogP contribution < -0.4 is 0 Å². The maximum atomic E-state index is 12.0. The third-order valence-electron chi connectivity index (χ3n) is 4.86. The van der Waals surface area contributed by atoms with Gasteiger partial charge in [-0.1, -0.05) is 37.3 Å². The Labute approximate surface area is 149 Å². The summed E-state index contributed by atoms with van der Waals surface area (Å²) in [5, 5.41) is 0. The molecule has 0 bridgehead atoms. The molecule has 1 aromatic rings. The van der Waals surface area contributed by atoms with Gasteiger partial charge in [-0.25, -0.2) is 0 Å². The van der Waals surface area contributed by atoms with E-state index in [-0.39, 0.29) is 17.8 Å². The lowest BCUT2D eigenvalue weighted by atomic mass is 9.86. The molecule has 0 saturated carbocycles. The highest BCUT2D eigenvalue weighted by atomic mass is 35.5. The number of amides is 1. The van der Waals surface area contributed by atoms with E-state index in [1.165, 1.54) is 0 Å². The standard InChI is InChI=1S/C19H26ClNO3/c1-15-9-11-21(18(22)13-20)12-10-17(15)7-8-19(23)24-14-16-5-3-2-4-6-16/h2-6,15,17H,7-14H2,1H3. The Bertz CT molecular complexity index is 535. The molecule has 1 aromatic carbocycles. The average molecular weight is 352 g/mol.